The number of carbonyl (C=O) groups is 2. The van der Waals surface area contributed by atoms with Gasteiger partial charge in [0, 0.05) is 29.9 Å². The van der Waals surface area contributed by atoms with Crippen molar-refractivity contribution in [2.45, 2.75) is 39.8 Å². The first-order valence-corrected chi connectivity index (χ1v) is 7.74. The first kappa shape index (κ1) is 20.1. The Kier molecular flexibility index (Phi) is 7.51. The number of non-ortho nitro benzene ring substituents is 1. The molecule has 0 heterocycles. The molecule has 0 aliphatic heterocycles. The van der Waals surface area contributed by atoms with Crippen molar-refractivity contribution in [2.75, 3.05) is 11.9 Å². The van der Waals surface area contributed by atoms with Crippen molar-refractivity contribution in [3.63, 3.8) is 0 Å². The monoisotopic (exact) mass is 350 g/mol. The third-order valence-corrected chi connectivity index (χ3v) is 3.16. The number of hydrogen-bond donors (Lipinski definition) is 1. The maximum absolute atomic E-state index is 12.0. The fourth-order valence-electron chi connectivity index (χ4n) is 2.30. The number of benzene rings is 1. The first-order chi connectivity index (χ1) is 11.7. The molecule has 136 valence electrons. The summed E-state index contributed by atoms with van der Waals surface area (Å²) in [4.78, 5) is 40.3. The van der Waals surface area contributed by atoms with Crippen molar-refractivity contribution in [2.24, 2.45) is 5.16 Å². The molecule has 0 saturated heterocycles. The van der Waals surface area contributed by atoms with Crippen LogP contribution in [0.15, 0.2) is 29.4 Å². The van der Waals surface area contributed by atoms with Crippen LogP contribution in [0.2, 0.25) is 0 Å². The van der Waals surface area contributed by atoms with Crippen LogP contribution in [0, 0.1) is 10.1 Å². The Labute approximate surface area is 145 Å². The van der Waals surface area contributed by atoms with Crippen LogP contribution in [0.25, 0.3) is 0 Å². The molecule has 0 bridgehead atoms. The molecule has 1 aromatic rings. The maximum Gasteiger partial charge on any atom is 0.271 e. The van der Waals surface area contributed by atoms with Gasteiger partial charge in [-0.1, -0.05) is 11.2 Å². The Hall–Kier alpha value is -2.97. The van der Waals surface area contributed by atoms with Gasteiger partial charge in [0.25, 0.3) is 17.5 Å². The van der Waals surface area contributed by atoms with Gasteiger partial charge in [-0.2, -0.15) is 0 Å². The molecular formula is C16H22N4O5. The highest BCUT2D eigenvalue weighted by Crippen LogP contribution is 2.16. The molecule has 25 heavy (non-hydrogen) atoms. The summed E-state index contributed by atoms with van der Waals surface area (Å²) in [5, 5.41) is 16.5. The van der Waals surface area contributed by atoms with Gasteiger partial charge in [-0.25, -0.2) is 0 Å². The Morgan fingerprint density at radius 1 is 1.32 bits per heavy atom. The number of nitrogens with zero attached hydrogens (tertiary/aromatic N) is 3. The lowest BCUT2D eigenvalue weighted by Gasteiger charge is -2.30. The van der Waals surface area contributed by atoms with Gasteiger partial charge in [0.05, 0.1) is 4.92 Å². The molecule has 0 unspecified atom stereocenters. The van der Waals surface area contributed by atoms with E-state index in [-0.39, 0.29) is 36.0 Å². The lowest BCUT2D eigenvalue weighted by Crippen LogP contribution is -2.43. The SMILES string of the molecule is CC(C)N(C(=O)CO/N=C\C(=O)Nc1cccc([N+](=O)[O-])c1)C(C)C. The average molecular weight is 350 g/mol. The number of nitro benzene ring substituents is 1. The van der Waals surface area contributed by atoms with Crippen molar-refractivity contribution in [1.29, 1.82) is 0 Å². The van der Waals surface area contributed by atoms with Crippen molar-refractivity contribution in [1.82, 2.24) is 4.90 Å². The summed E-state index contributed by atoms with van der Waals surface area (Å²) in [6.07, 6.45) is 0.862. The normalized spacial score (nSPS) is 11.0. The van der Waals surface area contributed by atoms with Gasteiger partial charge in [-0.05, 0) is 33.8 Å². The third-order valence-electron chi connectivity index (χ3n) is 3.16. The van der Waals surface area contributed by atoms with Crippen molar-refractivity contribution in [3.05, 3.63) is 34.4 Å². The van der Waals surface area contributed by atoms with Crippen LogP contribution in [0.3, 0.4) is 0 Å². The summed E-state index contributed by atoms with van der Waals surface area (Å²) < 4.78 is 0. The van der Waals surface area contributed by atoms with Gasteiger partial charge < -0.3 is 15.1 Å². The highest BCUT2D eigenvalue weighted by atomic mass is 16.6. The van der Waals surface area contributed by atoms with E-state index >= 15 is 0 Å². The molecule has 1 rings (SSSR count). The number of oxime groups is 1. The second kappa shape index (κ2) is 9.36. The molecule has 0 fully saturated rings. The van der Waals surface area contributed by atoms with Crippen LogP contribution in [-0.2, 0) is 14.4 Å². The van der Waals surface area contributed by atoms with Gasteiger partial charge >= 0.3 is 0 Å². The van der Waals surface area contributed by atoms with E-state index in [1.54, 1.807) is 4.90 Å². The van der Waals surface area contributed by atoms with Crippen LogP contribution in [-0.4, -0.2) is 46.5 Å². The Morgan fingerprint density at radius 2 is 1.96 bits per heavy atom. The summed E-state index contributed by atoms with van der Waals surface area (Å²) >= 11 is 0. The summed E-state index contributed by atoms with van der Waals surface area (Å²) in [6.45, 7) is 7.31. The molecule has 0 aliphatic carbocycles. The van der Waals surface area contributed by atoms with Crippen LogP contribution >= 0.6 is 0 Å². The van der Waals surface area contributed by atoms with E-state index < -0.39 is 10.8 Å². The first-order valence-electron chi connectivity index (χ1n) is 7.74. The van der Waals surface area contributed by atoms with E-state index in [1.165, 1.54) is 24.3 Å². The van der Waals surface area contributed by atoms with E-state index in [1.807, 2.05) is 27.7 Å². The van der Waals surface area contributed by atoms with E-state index in [2.05, 4.69) is 10.5 Å². The van der Waals surface area contributed by atoms with Gasteiger partial charge in [0.1, 0.15) is 6.21 Å². The lowest BCUT2D eigenvalue weighted by atomic mass is 10.2. The second-order valence-corrected chi connectivity index (χ2v) is 5.79. The predicted molar refractivity (Wildman–Crippen MR) is 93.3 cm³/mol. The summed E-state index contributed by atoms with van der Waals surface area (Å²) in [6, 6.07) is 5.54. The number of carbonyl (C=O) groups excluding carboxylic acids is 2. The smallest absolute Gasteiger partial charge is 0.271 e. The standard InChI is InChI=1S/C16H22N4O5/c1-11(2)19(12(3)4)16(22)10-25-17-9-15(21)18-13-6-5-7-14(8-13)20(23)24/h5-9,11-12H,10H2,1-4H3,(H,18,21)/b17-9-. The van der Waals surface area contributed by atoms with Crippen molar-refractivity contribution >= 4 is 29.4 Å². The van der Waals surface area contributed by atoms with Crippen LogP contribution in [0.4, 0.5) is 11.4 Å². The topological polar surface area (TPSA) is 114 Å². The van der Waals surface area contributed by atoms with Gasteiger partial charge in [-0.15, -0.1) is 0 Å². The van der Waals surface area contributed by atoms with E-state index in [0.717, 1.165) is 6.21 Å². The molecule has 0 radical (unpaired) electrons. The molecule has 9 heteroatoms. The molecule has 0 aromatic heterocycles. The third kappa shape index (κ3) is 6.58. The number of amides is 2. The molecular weight excluding hydrogens is 328 g/mol. The predicted octanol–water partition coefficient (Wildman–Crippen LogP) is 2.18. The Balaban J connectivity index is 2.51. The van der Waals surface area contributed by atoms with Gasteiger partial charge in [-0.3, -0.25) is 19.7 Å². The molecule has 9 nitrogen and oxygen atoms in total. The molecule has 1 aromatic carbocycles. The largest absolute Gasteiger partial charge is 0.386 e. The molecule has 0 saturated carbocycles. The number of hydrogen-bond acceptors (Lipinski definition) is 6. The quantitative estimate of drug-likeness (QED) is 0.438. The highest BCUT2D eigenvalue weighted by Gasteiger charge is 2.20. The minimum absolute atomic E-state index is 0.0252. The van der Waals surface area contributed by atoms with Crippen LogP contribution < -0.4 is 5.32 Å². The molecule has 0 aliphatic rings. The number of nitrogens with one attached hydrogen (secondary N) is 1. The summed E-state index contributed by atoms with van der Waals surface area (Å²) in [5.41, 5.74) is 0.117. The fourth-order valence-corrected chi connectivity index (χ4v) is 2.30. The molecule has 0 atom stereocenters. The Bertz CT molecular complexity index is 650. The number of rotatable bonds is 8. The Morgan fingerprint density at radius 3 is 2.52 bits per heavy atom. The van der Waals surface area contributed by atoms with Crippen LogP contribution in [0.5, 0.6) is 0 Å². The van der Waals surface area contributed by atoms with Crippen molar-refractivity contribution in [3.8, 4) is 0 Å². The molecule has 2 amide bonds. The number of anilines is 1. The minimum atomic E-state index is -0.627. The fraction of sp³-hybridized carbons (Fsp3) is 0.438. The summed E-state index contributed by atoms with van der Waals surface area (Å²) in [7, 11) is 0. The molecule has 1 N–H and O–H groups in total. The van der Waals surface area contributed by atoms with Gasteiger partial charge in [0.15, 0.2) is 6.61 Å². The van der Waals surface area contributed by atoms with Crippen LogP contribution in [0.1, 0.15) is 27.7 Å². The minimum Gasteiger partial charge on any atom is -0.386 e. The average Bonchev–Trinajstić information content (AvgIpc) is 2.51. The maximum atomic E-state index is 12.0. The lowest BCUT2D eigenvalue weighted by molar-refractivity contribution is -0.384. The number of nitro groups is 1. The second-order valence-electron chi connectivity index (χ2n) is 5.79. The summed E-state index contributed by atoms with van der Waals surface area (Å²) in [5.74, 6) is -0.862. The van der Waals surface area contributed by atoms with E-state index in [4.69, 9.17) is 4.84 Å². The zero-order chi connectivity index (χ0) is 19.0. The molecule has 0 spiro atoms. The highest BCUT2D eigenvalue weighted by molar-refractivity contribution is 6.31. The van der Waals surface area contributed by atoms with E-state index in [9.17, 15) is 19.7 Å². The van der Waals surface area contributed by atoms with Crippen molar-refractivity contribution < 1.29 is 19.3 Å². The van der Waals surface area contributed by atoms with Gasteiger partial charge in [0.2, 0.25) is 0 Å². The zero-order valence-electron chi connectivity index (χ0n) is 14.6. The zero-order valence-corrected chi connectivity index (χ0v) is 14.6. The van der Waals surface area contributed by atoms with E-state index in [0.29, 0.717) is 0 Å².